The van der Waals surface area contributed by atoms with Crippen molar-refractivity contribution in [1.82, 2.24) is 4.90 Å². The average molecular weight is 828 g/mol. The van der Waals surface area contributed by atoms with E-state index >= 15 is 0 Å². The number of benzene rings is 3. The lowest BCUT2D eigenvalue weighted by Crippen LogP contribution is -2.70. The van der Waals surface area contributed by atoms with Crippen LogP contribution in [-0.2, 0) is 20.9 Å². The molecule has 1 fully saturated rings. The number of oxime groups is 1. The molecule has 0 aromatic heterocycles. The lowest BCUT2D eigenvalue weighted by Gasteiger charge is -2.59. The molecular weight excluding hydrogens is 775 g/mol. The fourth-order valence-corrected chi connectivity index (χ4v) is 9.31. The van der Waals surface area contributed by atoms with E-state index in [9.17, 15) is 25.1 Å². The van der Waals surface area contributed by atoms with Crippen molar-refractivity contribution in [3.63, 3.8) is 0 Å². The van der Waals surface area contributed by atoms with E-state index in [4.69, 9.17) is 38.4 Å². The van der Waals surface area contributed by atoms with Gasteiger partial charge in [-0.2, -0.15) is 0 Å². The van der Waals surface area contributed by atoms with Crippen molar-refractivity contribution in [2.45, 2.75) is 76.2 Å². The lowest BCUT2D eigenvalue weighted by atomic mass is 9.55. The quantitative estimate of drug-likeness (QED) is 0.0515. The maximum Gasteiger partial charge on any atom is 0.410 e. The number of nitro groups is 1. The van der Waals surface area contributed by atoms with Crippen LogP contribution in [0.1, 0.15) is 68.9 Å². The van der Waals surface area contributed by atoms with Gasteiger partial charge in [0.15, 0.2) is 11.5 Å². The van der Waals surface area contributed by atoms with Gasteiger partial charge in [-0.3, -0.25) is 15.0 Å². The number of ether oxygens (including phenoxy) is 6. The van der Waals surface area contributed by atoms with Gasteiger partial charge in [0.2, 0.25) is 12.6 Å². The second-order valence-electron chi connectivity index (χ2n) is 15.3. The molecule has 7 rings (SSSR count). The molecule has 1 amide bonds. The standard InChI is InChI=1S/C45H53N3O12/c1-4-21-57-45-41(47(44(51)54-3)27-29-15-17-39-40(22-29)56-28-55-39)26-37(46-58-5-2)35-23-30(11-6-8-19-49)34(14-7-9-20-50)42(43(35)45)36-25-33(16-18-38(36)60-45)59-32-13-10-12-31(24-32)48(52)53/h4,10,12-13,15-18,22-25,30,34,41-43,49-50H,1,5-9,11,14,19-21,26-28H2,2-3H3/t30-,34+,41-,42+,43+,45+/m0/s1. The van der Waals surface area contributed by atoms with Gasteiger partial charge in [0.05, 0.1) is 36.3 Å². The highest BCUT2D eigenvalue weighted by molar-refractivity contribution is 6.03. The van der Waals surface area contributed by atoms with Gasteiger partial charge in [-0.15, -0.1) is 6.58 Å². The van der Waals surface area contributed by atoms with E-state index in [0.29, 0.717) is 53.9 Å². The highest BCUT2D eigenvalue weighted by Gasteiger charge is 2.65. The Morgan fingerprint density at radius 3 is 2.53 bits per heavy atom. The van der Waals surface area contributed by atoms with Gasteiger partial charge in [-0.05, 0) is 92.0 Å². The van der Waals surface area contributed by atoms with Crippen LogP contribution in [0.15, 0.2) is 90.1 Å². The van der Waals surface area contributed by atoms with Gasteiger partial charge in [0, 0.05) is 43.7 Å². The van der Waals surface area contributed by atoms with E-state index in [1.807, 2.05) is 37.3 Å². The topological polar surface area (TPSA) is 181 Å². The highest BCUT2D eigenvalue weighted by Crippen LogP contribution is 2.62. The number of unbranched alkanes of at least 4 members (excludes halogenated alkanes) is 2. The van der Waals surface area contributed by atoms with Crippen molar-refractivity contribution >= 4 is 17.5 Å². The molecule has 15 nitrogen and oxygen atoms in total. The summed E-state index contributed by atoms with van der Waals surface area (Å²) in [5, 5.41) is 36.1. The molecule has 4 aliphatic rings. The number of carbonyl (C=O) groups excluding carboxylic acids is 1. The van der Waals surface area contributed by atoms with Crippen molar-refractivity contribution in [2.75, 3.05) is 40.3 Å². The number of fused-ring (bicyclic) bond motifs is 3. The van der Waals surface area contributed by atoms with Gasteiger partial charge in [-0.25, -0.2) is 4.79 Å². The van der Waals surface area contributed by atoms with Crippen molar-refractivity contribution in [3.8, 4) is 28.7 Å². The summed E-state index contributed by atoms with van der Waals surface area (Å²) >= 11 is 0. The fraction of sp³-hybridized carbons (Fsp3) is 0.467. The molecule has 1 saturated carbocycles. The van der Waals surface area contributed by atoms with Crippen molar-refractivity contribution in [2.24, 2.45) is 22.9 Å². The van der Waals surface area contributed by atoms with E-state index in [0.717, 1.165) is 42.4 Å². The third kappa shape index (κ3) is 8.65. The lowest BCUT2D eigenvalue weighted by molar-refractivity contribution is -0.384. The van der Waals surface area contributed by atoms with Crippen LogP contribution in [0.3, 0.4) is 0 Å². The molecule has 320 valence electrons. The normalized spacial score (nSPS) is 24.0. The van der Waals surface area contributed by atoms with Crippen LogP contribution in [0.25, 0.3) is 0 Å². The number of hydrogen-bond donors (Lipinski definition) is 2. The molecule has 2 aliphatic heterocycles. The molecule has 0 bridgehead atoms. The molecule has 0 unspecified atom stereocenters. The Bertz CT molecular complexity index is 2090. The summed E-state index contributed by atoms with van der Waals surface area (Å²) < 4.78 is 37.3. The van der Waals surface area contributed by atoms with Crippen LogP contribution in [0.5, 0.6) is 28.7 Å². The number of aliphatic hydroxyl groups is 2. The van der Waals surface area contributed by atoms with Crippen LogP contribution >= 0.6 is 0 Å². The second-order valence-corrected chi connectivity index (χ2v) is 15.3. The molecule has 0 spiro atoms. The summed E-state index contributed by atoms with van der Waals surface area (Å²) in [6.07, 6.45) is 7.79. The number of nitro benzene ring substituents is 1. The predicted molar refractivity (Wildman–Crippen MR) is 220 cm³/mol. The highest BCUT2D eigenvalue weighted by atomic mass is 16.7. The number of carbonyl (C=O) groups is 1. The first-order chi connectivity index (χ1) is 29.2. The molecule has 0 radical (unpaired) electrons. The Balaban J connectivity index is 1.43. The average Bonchev–Trinajstić information content (AvgIpc) is 3.73. The zero-order valence-electron chi connectivity index (χ0n) is 34.0. The first-order valence-electron chi connectivity index (χ1n) is 20.6. The zero-order chi connectivity index (χ0) is 42.2. The molecule has 3 aromatic rings. The number of nitrogens with zero attached hydrogens (tertiary/aromatic N) is 3. The monoisotopic (exact) mass is 827 g/mol. The number of allylic oxidation sites excluding steroid dienone is 1. The van der Waals surface area contributed by atoms with E-state index in [1.54, 1.807) is 29.2 Å². The number of non-ortho nitro benzene ring substituents is 1. The zero-order valence-corrected chi connectivity index (χ0v) is 34.0. The van der Waals surface area contributed by atoms with Gasteiger partial charge in [0.25, 0.3) is 5.69 Å². The van der Waals surface area contributed by atoms with Crippen LogP contribution in [0, 0.1) is 27.9 Å². The summed E-state index contributed by atoms with van der Waals surface area (Å²) in [6, 6.07) is 16.2. The van der Waals surface area contributed by atoms with Crippen LogP contribution in [0.2, 0.25) is 0 Å². The molecule has 2 aliphatic carbocycles. The van der Waals surface area contributed by atoms with Crippen LogP contribution in [-0.4, -0.2) is 84.0 Å². The summed E-state index contributed by atoms with van der Waals surface area (Å²) in [6.45, 7) is 6.56. The van der Waals surface area contributed by atoms with E-state index < -0.39 is 28.8 Å². The van der Waals surface area contributed by atoms with Crippen LogP contribution < -0.4 is 18.9 Å². The Kier molecular flexibility index (Phi) is 13.6. The number of amides is 1. The van der Waals surface area contributed by atoms with Gasteiger partial charge < -0.3 is 43.5 Å². The Labute approximate surface area is 349 Å². The first-order valence-corrected chi connectivity index (χ1v) is 20.6. The van der Waals surface area contributed by atoms with Crippen molar-refractivity contribution in [3.05, 3.63) is 106 Å². The molecule has 2 N–H and O–H groups in total. The first kappa shape index (κ1) is 42.5. The predicted octanol–water partition coefficient (Wildman–Crippen LogP) is 8.04. The summed E-state index contributed by atoms with van der Waals surface area (Å²) in [4.78, 5) is 32.8. The van der Waals surface area contributed by atoms with Crippen molar-refractivity contribution < 1.29 is 53.2 Å². The van der Waals surface area contributed by atoms with Gasteiger partial charge in [0.1, 0.15) is 29.9 Å². The Morgan fingerprint density at radius 1 is 1.02 bits per heavy atom. The summed E-state index contributed by atoms with van der Waals surface area (Å²) in [5.74, 6) is 0.0587. The molecular formula is C45H53N3O12. The second kappa shape index (κ2) is 19.2. The maximum atomic E-state index is 14.2. The minimum Gasteiger partial charge on any atom is -0.459 e. The third-order valence-electron chi connectivity index (χ3n) is 11.8. The molecule has 6 atom stereocenters. The largest absolute Gasteiger partial charge is 0.459 e. The third-order valence-corrected chi connectivity index (χ3v) is 11.8. The van der Waals surface area contributed by atoms with Gasteiger partial charge in [-0.1, -0.05) is 42.3 Å². The number of rotatable bonds is 19. The summed E-state index contributed by atoms with van der Waals surface area (Å²) in [5.41, 5.74) is 3.03. The van der Waals surface area contributed by atoms with Crippen LogP contribution in [0.4, 0.5) is 10.5 Å². The number of methoxy groups -OCH3 is 1. The molecule has 2 heterocycles. The minimum absolute atomic E-state index is 0.0182. The fourth-order valence-electron chi connectivity index (χ4n) is 9.31. The van der Waals surface area contributed by atoms with Gasteiger partial charge >= 0.3 is 6.09 Å². The Morgan fingerprint density at radius 2 is 1.78 bits per heavy atom. The SMILES string of the molecule is C=CCO[C@@]12Oc3ccc(Oc4cccc([N+](=O)[O-])c4)cc3[C@H]3[C@H](CCCCO)[C@@H](CCCCO)C=C(C(=NOCC)C[C@@H]1N(Cc1ccc4c(c1)OCO4)C(=O)OC)[C@H]32. The smallest absolute Gasteiger partial charge is 0.410 e. The number of hydrogen-bond acceptors (Lipinski definition) is 13. The Hall–Kier alpha value is -5.64. The number of aliphatic hydroxyl groups excluding tert-OH is 2. The molecule has 60 heavy (non-hydrogen) atoms. The van der Waals surface area contributed by atoms with E-state index in [1.165, 1.54) is 19.2 Å². The molecule has 0 saturated heterocycles. The maximum absolute atomic E-state index is 14.2. The van der Waals surface area contributed by atoms with E-state index in [2.05, 4.69) is 12.7 Å². The molecule has 15 heteroatoms. The summed E-state index contributed by atoms with van der Waals surface area (Å²) in [7, 11) is 1.34. The van der Waals surface area contributed by atoms with Crippen molar-refractivity contribution in [1.29, 1.82) is 0 Å². The van der Waals surface area contributed by atoms with E-state index in [-0.39, 0.29) is 63.0 Å². The molecule has 3 aromatic carbocycles. The minimum atomic E-state index is -1.51.